The molecule has 0 spiro atoms. The third kappa shape index (κ3) is 13.7. The minimum atomic E-state index is -1.000. The number of unbranched alkanes of at least 4 members (excludes halogenated alkanes) is 2. The van der Waals surface area contributed by atoms with Crippen LogP contribution in [-0.4, -0.2) is 143 Å². The van der Waals surface area contributed by atoms with Gasteiger partial charge in [0.15, 0.2) is 0 Å². The van der Waals surface area contributed by atoms with Crippen LogP contribution >= 0.6 is 0 Å². The van der Waals surface area contributed by atoms with Gasteiger partial charge in [-0.05, 0) is 74.7 Å². The van der Waals surface area contributed by atoms with Crippen LogP contribution in [0.3, 0.4) is 0 Å². The van der Waals surface area contributed by atoms with E-state index in [0.717, 1.165) is 6.42 Å². The van der Waals surface area contributed by atoms with Crippen molar-refractivity contribution in [3.8, 4) is 0 Å². The van der Waals surface area contributed by atoms with E-state index in [4.69, 9.17) is 9.47 Å². The molecular weight excluding hydrogens is 857 g/mol. The summed E-state index contributed by atoms with van der Waals surface area (Å²) in [7, 11) is 4.74. The molecule has 0 bridgehead atoms. The first kappa shape index (κ1) is 54.9. The summed E-state index contributed by atoms with van der Waals surface area (Å²) in [6, 6.07) is 5.63. The lowest BCUT2D eigenvalue weighted by atomic mass is 9.89. The third-order valence-corrected chi connectivity index (χ3v) is 14.9. The summed E-state index contributed by atoms with van der Waals surface area (Å²) in [5, 5.41) is 16.8. The summed E-state index contributed by atoms with van der Waals surface area (Å²) in [5.41, 5.74) is 0.689. The van der Waals surface area contributed by atoms with Crippen molar-refractivity contribution in [3.05, 3.63) is 48.0 Å². The van der Waals surface area contributed by atoms with Crippen molar-refractivity contribution in [2.24, 2.45) is 29.6 Å². The van der Waals surface area contributed by atoms with Gasteiger partial charge in [-0.3, -0.25) is 38.6 Å². The molecule has 4 rings (SSSR count). The number of amides is 8. The summed E-state index contributed by atoms with van der Waals surface area (Å²) in [6.45, 7) is 16.1. The van der Waals surface area contributed by atoms with Crippen LogP contribution in [-0.2, 0) is 38.2 Å². The average Bonchev–Trinajstić information content (AvgIpc) is 4.02. The van der Waals surface area contributed by atoms with Crippen LogP contribution in [0, 0.1) is 29.6 Å². The molecule has 3 N–H and O–H groups in total. The third-order valence-electron chi connectivity index (χ3n) is 14.9. The smallest absolute Gasteiger partial charge is 0.325 e. The fourth-order valence-electron chi connectivity index (χ4n) is 10.3. The second kappa shape index (κ2) is 25.6. The SMILES string of the molecule is CC[C@H](C)[C@@H]([C@@H](CC(=O)N1CCC[C@H]1[C@H](OC)[C@@H](C)C(=O)N[C@H](C)[C@@H](O)c1ccccc1)OC)N(C)C(=O)[C@@H](NC(=O)N(C(=O)CCCCCN1C(=O)C=CC1=O)C1CCC(C)[C@@H]1C)C(C)C. The van der Waals surface area contributed by atoms with E-state index in [1.54, 1.807) is 42.8 Å². The molecule has 2 heterocycles. The molecule has 374 valence electrons. The highest BCUT2D eigenvalue weighted by molar-refractivity contribution is 6.12. The van der Waals surface area contributed by atoms with E-state index in [-0.39, 0.29) is 78.6 Å². The van der Waals surface area contributed by atoms with E-state index < -0.39 is 54.4 Å². The van der Waals surface area contributed by atoms with E-state index >= 15 is 0 Å². The number of nitrogens with one attached hydrogen (secondary N) is 2. The maximum Gasteiger partial charge on any atom is 0.325 e. The number of rotatable bonds is 24. The topological polar surface area (TPSA) is 195 Å². The van der Waals surface area contributed by atoms with Crippen molar-refractivity contribution in [3.63, 3.8) is 0 Å². The molecule has 1 saturated carbocycles. The zero-order chi connectivity index (χ0) is 49.7. The minimum Gasteiger partial charge on any atom is -0.386 e. The Morgan fingerprint density at radius 2 is 1.54 bits per heavy atom. The summed E-state index contributed by atoms with van der Waals surface area (Å²) >= 11 is 0. The Balaban J connectivity index is 1.46. The second-order valence-electron chi connectivity index (χ2n) is 19.6. The number of benzene rings is 1. The number of carbonyl (C=O) groups excluding carboxylic acids is 7. The van der Waals surface area contributed by atoms with Crippen LogP contribution in [0.4, 0.5) is 4.79 Å². The minimum absolute atomic E-state index is 0.0444. The number of hydrogen-bond donors (Lipinski definition) is 3. The molecule has 1 saturated heterocycles. The molecule has 2 aliphatic heterocycles. The molecule has 16 nitrogen and oxygen atoms in total. The first-order valence-electron chi connectivity index (χ1n) is 24.6. The van der Waals surface area contributed by atoms with Crippen LogP contribution < -0.4 is 10.6 Å². The Labute approximate surface area is 398 Å². The molecule has 1 aromatic rings. The van der Waals surface area contributed by atoms with Crippen molar-refractivity contribution in [1.29, 1.82) is 0 Å². The first-order valence-corrected chi connectivity index (χ1v) is 24.6. The molecule has 1 aromatic carbocycles. The fraction of sp³-hybridized carbons (Fsp3) is 0.706. The lowest BCUT2D eigenvalue weighted by molar-refractivity contribution is -0.147. The number of likely N-dealkylation sites (tertiary alicyclic amines) is 1. The largest absolute Gasteiger partial charge is 0.386 e. The van der Waals surface area contributed by atoms with Crippen molar-refractivity contribution >= 4 is 41.5 Å². The summed E-state index contributed by atoms with van der Waals surface area (Å²) in [4.78, 5) is 101. The van der Waals surface area contributed by atoms with Gasteiger partial charge in [-0.25, -0.2) is 4.79 Å². The van der Waals surface area contributed by atoms with Crippen LogP contribution in [0.15, 0.2) is 42.5 Å². The van der Waals surface area contributed by atoms with Gasteiger partial charge in [-0.15, -0.1) is 0 Å². The van der Waals surface area contributed by atoms with E-state index in [2.05, 4.69) is 17.6 Å². The predicted molar refractivity (Wildman–Crippen MR) is 255 cm³/mol. The van der Waals surface area contributed by atoms with Gasteiger partial charge in [0.1, 0.15) is 6.04 Å². The predicted octanol–water partition coefficient (Wildman–Crippen LogP) is 5.63. The quantitative estimate of drug-likeness (QED) is 0.0865. The number of methoxy groups -OCH3 is 2. The van der Waals surface area contributed by atoms with Gasteiger partial charge in [0.2, 0.25) is 23.6 Å². The summed E-state index contributed by atoms with van der Waals surface area (Å²) < 4.78 is 12.0. The van der Waals surface area contributed by atoms with Crippen LogP contribution in [0.25, 0.3) is 0 Å². The summed E-state index contributed by atoms with van der Waals surface area (Å²) in [5.74, 6) is -2.66. The van der Waals surface area contributed by atoms with Crippen molar-refractivity contribution in [2.75, 3.05) is 34.4 Å². The number of hydrogen-bond acceptors (Lipinski definition) is 10. The van der Waals surface area contributed by atoms with Gasteiger partial charge < -0.3 is 35.0 Å². The van der Waals surface area contributed by atoms with Crippen LogP contribution in [0.5, 0.6) is 0 Å². The number of urea groups is 1. The van der Waals surface area contributed by atoms with Gasteiger partial charge in [-0.2, -0.15) is 0 Å². The molecule has 2 unspecified atom stereocenters. The summed E-state index contributed by atoms with van der Waals surface area (Å²) in [6.07, 6.45) is 5.38. The molecule has 67 heavy (non-hydrogen) atoms. The number of aliphatic hydroxyl groups is 1. The zero-order valence-corrected chi connectivity index (χ0v) is 41.9. The number of aliphatic hydroxyl groups excluding tert-OH is 1. The Morgan fingerprint density at radius 3 is 2.10 bits per heavy atom. The van der Waals surface area contributed by atoms with Crippen molar-refractivity contribution < 1.29 is 48.1 Å². The van der Waals surface area contributed by atoms with Crippen molar-refractivity contribution in [1.82, 2.24) is 30.2 Å². The maximum atomic E-state index is 14.7. The standard InChI is InChI=1S/C51H80N6O10/c1-12-32(4)46(40(66-10)30-44(61)55-29-19-22-39(55)48(67-11)35(7)49(63)52-36(8)47(62)37-20-15-13-16-21-37)54(9)50(64)45(31(2)3)53-51(65)57(38-25-24-33(5)34(38)6)43(60)23-17-14-18-28-56-41(58)26-27-42(56)59/h13,15-16,20-21,26-27,31-36,38-40,45-48,62H,12,14,17-19,22-25,28-30H2,1-11H3,(H,52,63)(H,53,65)/t32-,33?,34-,35+,36+,38?,39-,40+,45-,46-,47+,48+/m0/s1. The molecule has 12 atom stereocenters. The number of nitrogens with zero attached hydrogens (tertiary/aromatic N) is 4. The Morgan fingerprint density at radius 1 is 0.881 bits per heavy atom. The first-order chi connectivity index (χ1) is 31.8. The molecule has 8 amide bonds. The van der Waals surface area contributed by atoms with Crippen LogP contribution in [0.2, 0.25) is 0 Å². The van der Waals surface area contributed by atoms with Crippen molar-refractivity contribution in [2.45, 2.75) is 168 Å². The number of carbonyl (C=O) groups is 7. The highest BCUT2D eigenvalue weighted by atomic mass is 16.5. The van der Waals surface area contributed by atoms with Gasteiger partial charge >= 0.3 is 6.03 Å². The van der Waals surface area contributed by atoms with E-state index in [9.17, 15) is 38.7 Å². The molecular formula is C51H80N6O10. The monoisotopic (exact) mass is 937 g/mol. The lowest BCUT2D eigenvalue weighted by Gasteiger charge is -2.41. The number of likely N-dealkylation sites (N-methyl/N-ethyl adjacent to an activating group) is 1. The Bertz CT molecular complexity index is 1860. The number of imide groups is 2. The normalized spacial score (nSPS) is 23.1. The molecule has 0 radical (unpaired) electrons. The Hall–Kier alpha value is -4.67. The van der Waals surface area contributed by atoms with Gasteiger partial charge in [0.05, 0.1) is 48.8 Å². The highest BCUT2D eigenvalue weighted by Crippen LogP contribution is 2.36. The highest BCUT2D eigenvalue weighted by Gasteiger charge is 2.45. The van der Waals surface area contributed by atoms with Gasteiger partial charge in [0.25, 0.3) is 11.8 Å². The van der Waals surface area contributed by atoms with E-state index in [0.29, 0.717) is 63.0 Å². The Kier molecular flexibility index (Phi) is 21.0. The molecule has 2 fully saturated rings. The fourth-order valence-corrected chi connectivity index (χ4v) is 10.3. The number of ether oxygens (including phenoxy) is 2. The van der Waals surface area contributed by atoms with Crippen LogP contribution in [0.1, 0.15) is 131 Å². The molecule has 1 aliphatic carbocycles. The molecule has 16 heteroatoms. The zero-order valence-electron chi connectivity index (χ0n) is 41.9. The molecule has 3 aliphatic rings. The van der Waals surface area contributed by atoms with E-state index in [1.807, 2.05) is 52.8 Å². The average molecular weight is 937 g/mol. The molecule has 0 aromatic heterocycles. The van der Waals surface area contributed by atoms with E-state index in [1.165, 1.54) is 36.2 Å². The lowest BCUT2D eigenvalue weighted by Crippen LogP contribution is -2.60. The van der Waals surface area contributed by atoms with Gasteiger partial charge in [0, 0.05) is 59.0 Å². The maximum absolute atomic E-state index is 14.7. The second-order valence-corrected chi connectivity index (χ2v) is 19.6. The van der Waals surface area contributed by atoms with Gasteiger partial charge in [-0.1, -0.05) is 91.6 Å².